The maximum absolute atomic E-state index is 13.5. The second-order valence-corrected chi connectivity index (χ2v) is 14.8. The van der Waals surface area contributed by atoms with Gasteiger partial charge in [-0.3, -0.25) is 0 Å². The van der Waals surface area contributed by atoms with Crippen molar-refractivity contribution in [2.75, 3.05) is 25.1 Å². The molecule has 2 fully saturated rings. The molecule has 0 N–H and O–H groups in total. The van der Waals surface area contributed by atoms with Gasteiger partial charge in [0.2, 0.25) is 10.6 Å². The van der Waals surface area contributed by atoms with E-state index in [2.05, 4.69) is 41.1 Å². The molecule has 276 valence electrons. The third-order valence-corrected chi connectivity index (χ3v) is 9.95. The summed E-state index contributed by atoms with van der Waals surface area (Å²) in [5, 5.41) is 17.0. The van der Waals surface area contributed by atoms with Crippen LogP contribution in [0.1, 0.15) is 58.4 Å². The van der Waals surface area contributed by atoms with Crippen LogP contribution in [-0.4, -0.2) is 59.9 Å². The van der Waals surface area contributed by atoms with E-state index in [1.54, 1.807) is 28.7 Å². The quantitative estimate of drug-likeness (QED) is 0.135. The second-order valence-electron chi connectivity index (χ2n) is 13.2. The molecule has 17 heteroatoms. The van der Waals surface area contributed by atoms with Gasteiger partial charge < -0.3 is 19.1 Å². The summed E-state index contributed by atoms with van der Waals surface area (Å²) in [6.45, 7) is 9.90. The lowest BCUT2D eigenvalue weighted by atomic mass is 9.82. The van der Waals surface area contributed by atoms with Crippen molar-refractivity contribution in [2.45, 2.75) is 59.0 Å². The van der Waals surface area contributed by atoms with E-state index in [-0.39, 0.29) is 22.1 Å². The molecule has 3 atom stereocenters. The van der Waals surface area contributed by atoms with Gasteiger partial charge in [-0.1, -0.05) is 23.2 Å². The predicted molar refractivity (Wildman–Crippen MR) is 196 cm³/mol. The van der Waals surface area contributed by atoms with Gasteiger partial charge in [0.1, 0.15) is 23.1 Å². The fraction of sp³-hybridized carbons (Fsp3) is 0.429. The Morgan fingerprint density at radius 1 is 0.827 bits per heavy atom. The Bertz CT molecular complexity index is 2000. The first kappa shape index (κ1) is 37.7. The Balaban J connectivity index is 0.000000217. The minimum atomic E-state index is -0.490. The van der Waals surface area contributed by atoms with Crippen LogP contribution >= 0.6 is 39.1 Å². The summed E-state index contributed by atoms with van der Waals surface area (Å²) in [5.74, 6) is 2.81. The molecule has 3 aromatic heterocycles. The number of halogens is 5. The number of anilines is 1. The van der Waals surface area contributed by atoms with E-state index in [9.17, 15) is 8.78 Å². The molecule has 1 saturated carbocycles. The molecule has 1 aliphatic carbocycles. The summed E-state index contributed by atoms with van der Waals surface area (Å²) >= 11 is 14.8. The molecule has 7 rings (SSSR count). The summed E-state index contributed by atoms with van der Waals surface area (Å²) in [5.41, 5.74) is 1.05. The standard InChI is InChI=1S/C24H28ClFN6O2.C11H10BrClFN3O/c1-14(2)32-24(34-18-6-7-21(26)20(25)9-18)28-22(30-32)10-19-15-4-5-16(19)13-31(12-15)17-8-23(33-3)29-27-11-17;1-6(2)17-11(15-10(12)16-17)18-7-3-4-9(14)8(13)5-7/h6-9,11,14-16,19H,4-5,10,12-13H2,1-3H3;3-6H,1-2H3/t15-,16+,19?;. The van der Waals surface area contributed by atoms with E-state index < -0.39 is 11.6 Å². The molecule has 2 bridgehead atoms. The largest absolute Gasteiger partial charge is 0.480 e. The van der Waals surface area contributed by atoms with Gasteiger partial charge in [-0.2, -0.15) is 20.2 Å². The minimum absolute atomic E-state index is 0.00202. The number of methoxy groups -OCH3 is 1. The van der Waals surface area contributed by atoms with E-state index in [0.29, 0.717) is 51.9 Å². The SMILES string of the molecule is CC(C)n1nc(Br)nc1Oc1ccc(F)c(Cl)c1.COc1cc(N2C[C@H]3CC[C@@H](C2)C3Cc2nc(Oc3ccc(F)c(Cl)c3)n(C(C)C)n2)cnn1. The molecule has 52 heavy (non-hydrogen) atoms. The first-order chi connectivity index (χ1) is 24.9. The van der Waals surface area contributed by atoms with Crippen LogP contribution in [0.3, 0.4) is 0 Å². The summed E-state index contributed by atoms with van der Waals surface area (Å²) in [6, 6.07) is 11.2. The van der Waals surface area contributed by atoms with Crippen LogP contribution in [0.15, 0.2) is 53.4 Å². The molecule has 0 spiro atoms. The van der Waals surface area contributed by atoms with Gasteiger partial charge >= 0.3 is 12.0 Å². The third kappa shape index (κ3) is 8.75. The zero-order valence-electron chi connectivity index (χ0n) is 29.2. The van der Waals surface area contributed by atoms with Gasteiger partial charge in [0.05, 0.1) is 41.1 Å². The highest BCUT2D eigenvalue weighted by atomic mass is 79.9. The highest BCUT2D eigenvalue weighted by Crippen LogP contribution is 2.45. The van der Waals surface area contributed by atoms with Crippen molar-refractivity contribution in [1.29, 1.82) is 0 Å². The molecular formula is C35H38BrCl2F2N9O3. The second kappa shape index (κ2) is 16.3. The maximum Gasteiger partial charge on any atom is 0.321 e. The zero-order valence-corrected chi connectivity index (χ0v) is 32.3. The number of piperidine rings is 1. The molecule has 0 amide bonds. The van der Waals surface area contributed by atoms with Crippen LogP contribution in [0.5, 0.6) is 29.4 Å². The Morgan fingerprint density at radius 3 is 1.92 bits per heavy atom. The van der Waals surface area contributed by atoms with Gasteiger partial charge in [0, 0.05) is 37.7 Å². The van der Waals surface area contributed by atoms with Crippen LogP contribution in [0, 0.1) is 29.4 Å². The third-order valence-electron chi connectivity index (χ3n) is 9.04. The lowest BCUT2D eigenvalue weighted by Gasteiger charge is -2.38. The van der Waals surface area contributed by atoms with Crippen molar-refractivity contribution in [1.82, 2.24) is 39.7 Å². The van der Waals surface area contributed by atoms with E-state index in [1.807, 2.05) is 33.8 Å². The Kier molecular flexibility index (Phi) is 11.8. The van der Waals surface area contributed by atoms with Gasteiger partial charge in [0.15, 0.2) is 5.82 Å². The van der Waals surface area contributed by atoms with Crippen LogP contribution in [0.4, 0.5) is 14.5 Å². The molecule has 1 saturated heterocycles. The van der Waals surface area contributed by atoms with Crippen molar-refractivity contribution in [3.8, 4) is 29.4 Å². The molecule has 2 aromatic carbocycles. The average molecular weight is 822 g/mol. The normalized spacial score (nSPS) is 18.1. The number of aromatic nitrogens is 8. The molecule has 1 aliphatic heterocycles. The molecule has 5 aromatic rings. The number of benzene rings is 2. The van der Waals surface area contributed by atoms with Gasteiger partial charge in [0.25, 0.3) is 0 Å². The monoisotopic (exact) mass is 819 g/mol. The fourth-order valence-corrected chi connectivity index (χ4v) is 7.19. The molecular weight excluding hydrogens is 783 g/mol. The number of hydrogen-bond donors (Lipinski definition) is 0. The van der Waals surface area contributed by atoms with E-state index in [4.69, 9.17) is 47.5 Å². The minimum Gasteiger partial charge on any atom is -0.480 e. The highest BCUT2D eigenvalue weighted by Gasteiger charge is 2.42. The van der Waals surface area contributed by atoms with Crippen molar-refractivity contribution in [2.24, 2.45) is 17.8 Å². The predicted octanol–water partition coefficient (Wildman–Crippen LogP) is 9.15. The van der Waals surface area contributed by atoms with Gasteiger partial charge in [-0.15, -0.1) is 10.2 Å². The number of fused-ring (bicyclic) bond motifs is 2. The summed E-state index contributed by atoms with van der Waals surface area (Å²) in [6.07, 6.45) is 5.01. The van der Waals surface area contributed by atoms with Crippen molar-refractivity contribution < 1.29 is 23.0 Å². The summed E-state index contributed by atoms with van der Waals surface area (Å²) in [4.78, 5) is 11.2. The first-order valence-electron chi connectivity index (χ1n) is 16.8. The smallest absolute Gasteiger partial charge is 0.321 e. The lowest BCUT2D eigenvalue weighted by Crippen LogP contribution is -2.42. The molecule has 12 nitrogen and oxygen atoms in total. The molecule has 1 unspecified atom stereocenters. The summed E-state index contributed by atoms with van der Waals surface area (Å²) in [7, 11) is 1.61. The average Bonchev–Trinajstić information content (AvgIpc) is 3.76. The Labute approximate surface area is 318 Å². The number of nitrogens with zero attached hydrogens (tertiary/aromatic N) is 9. The zero-order chi connectivity index (χ0) is 37.1. The number of hydrogen-bond acceptors (Lipinski definition) is 10. The van der Waals surface area contributed by atoms with Crippen molar-refractivity contribution in [3.63, 3.8) is 0 Å². The maximum atomic E-state index is 13.5. The van der Waals surface area contributed by atoms with Crippen LogP contribution in [0.2, 0.25) is 10.0 Å². The molecule has 2 aliphatic rings. The first-order valence-corrected chi connectivity index (χ1v) is 18.4. The van der Waals surface area contributed by atoms with Crippen LogP contribution < -0.4 is 19.1 Å². The van der Waals surface area contributed by atoms with Crippen molar-refractivity contribution in [3.05, 3.63) is 80.9 Å². The lowest BCUT2D eigenvalue weighted by molar-refractivity contribution is 0.265. The van der Waals surface area contributed by atoms with E-state index in [1.165, 1.54) is 43.2 Å². The van der Waals surface area contributed by atoms with Crippen LogP contribution in [0.25, 0.3) is 0 Å². The summed E-state index contributed by atoms with van der Waals surface area (Å²) < 4.78 is 47.1. The van der Waals surface area contributed by atoms with Gasteiger partial charge in [-0.05, 0) is 98.5 Å². The number of ether oxygens (including phenoxy) is 3. The Morgan fingerprint density at radius 2 is 1.38 bits per heavy atom. The number of rotatable bonds is 10. The van der Waals surface area contributed by atoms with Crippen LogP contribution in [-0.2, 0) is 6.42 Å². The van der Waals surface area contributed by atoms with Gasteiger partial charge in [-0.25, -0.2) is 18.1 Å². The topological polar surface area (TPSA) is 118 Å². The van der Waals surface area contributed by atoms with E-state index >= 15 is 0 Å². The van der Waals surface area contributed by atoms with E-state index in [0.717, 1.165) is 31.0 Å². The fourth-order valence-electron chi connectivity index (χ4n) is 6.53. The highest BCUT2D eigenvalue weighted by molar-refractivity contribution is 9.10. The molecule has 0 radical (unpaired) electrons. The Hall–Kier alpha value is -4.08. The molecule has 4 heterocycles. The van der Waals surface area contributed by atoms with Crippen molar-refractivity contribution >= 4 is 44.8 Å².